The highest BCUT2D eigenvalue weighted by molar-refractivity contribution is 5.85. The number of phenols is 1. The number of phenolic OH excluding ortho intramolecular Hbond substituents is 1. The van der Waals surface area contributed by atoms with Gasteiger partial charge in [-0.2, -0.15) is 0 Å². The number of anilines is 1. The number of rotatable bonds is 3. The van der Waals surface area contributed by atoms with Gasteiger partial charge in [-0.15, -0.1) is 12.4 Å². The van der Waals surface area contributed by atoms with Crippen LogP contribution < -0.4 is 11.5 Å². The zero-order chi connectivity index (χ0) is 12.3. The smallest absolute Gasteiger partial charge is 0.307 e. The average molecular weight is 265 g/mol. The normalized spacial score (nSPS) is 11.5. The summed E-state index contributed by atoms with van der Waals surface area (Å²) >= 11 is 0. The Kier molecular flexibility index (Phi) is 5.70. The summed E-state index contributed by atoms with van der Waals surface area (Å²) in [7, 11) is 1.23. The lowest BCUT2D eigenvalue weighted by atomic mass is 10.0. The van der Waals surface area contributed by atoms with Crippen LogP contribution in [0, 0.1) is 5.82 Å². The first kappa shape index (κ1) is 15.5. The molecule has 0 amide bonds. The summed E-state index contributed by atoms with van der Waals surface area (Å²) in [5, 5.41) is 9.54. The Morgan fingerprint density at radius 2 is 2.18 bits per heavy atom. The van der Waals surface area contributed by atoms with Gasteiger partial charge in [0.1, 0.15) is 17.3 Å². The van der Waals surface area contributed by atoms with Crippen LogP contribution in [0.4, 0.5) is 10.1 Å². The molecule has 0 saturated heterocycles. The Bertz CT molecular complexity index is 415. The van der Waals surface area contributed by atoms with Crippen molar-refractivity contribution in [1.82, 2.24) is 0 Å². The number of aromatic hydroxyl groups is 1. The van der Waals surface area contributed by atoms with Crippen molar-refractivity contribution < 1.29 is 19.0 Å². The van der Waals surface area contributed by atoms with Crippen LogP contribution in [0.25, 0.3) is 0 Å². The molecule has 17 heavy (non-hydrogen) atoms. The summed E-state index contributed by atoms with van der Waals surface area (Å²) in [6.45, 7) is 0. The number of halogens is 2. The molecule has 1 rings (SSSR count). The summed E-state index contributed by atoms with van der Waals surface area (Å²) in [4.78, 5) is 11.0. The number of hydrogen-bond acceptors (Lipinski definition) is 5. The van der Waals surface area contributed by atoms with Gasteiger partial charge in [0.25, 0.3) is 0 Å². The largest absolute Gasteiger partial charge is 0.505 e. The molecule has 0 aliphatic rings. The van der Waals surface area contributed by atoms with Gasteiger partial charge < -0.3 is 21.3 Å². The van der Waals surface area contributed by atoms with Crippen LogP contribution in [0.2, 0.25) is 0 Å². The van der Waals surface area contributed by atoms with Crippen molar-refractivity contribution in [3.63, 3.8) is 0 Å². The van der Waals surface area contributed by atoms with Crippen molar-refractivity contribution in [2.24, 2.45) is 5.73 Å². The first-order valence-electron chi connectivity index (χ1n) is 4.56. The van der Waals surface area contributed by atoms with Crippen molar-refractivity contribution in [3.05, 3.63) is 23.5 Å². The van der Waals surface area contributed by atoms with Gasteiger partial charge in [0.05, 0.1) is 13.5 Å². The first-order valence-corrected chi connectivity index (χ1v) is 4.56. The maximum absolute atomic E-state index is 12.9. The maximum Gasteiger partial charge on any atom is 0.307 e. The molecular weight excluding hydrogens is 251 g/mol. The summed E-state index contributed by atoms with van der Waals surface area (Å²) in [6.07, 6.45) is -0.116. The summed E-state index contributed by atoms with van der Waals surface area (Å²) < 4.78 is 17.4. The molecule has 0 saturated carbocycles. The van der Waals surface area contributed by atoms with Crippen LogP contribution in [-0.2, 0) is 9.53 Å². The second-order valence-corrected chi connectivity index (χ2v) is 3.29. The lowest BCUT2D eigenvalue weighted by molar-refractivity contribution is -0.141. The fourth-order valence-electron chi connectivity index (χ4n) is 1.27. The predicted octanol–water partition coefficient (Wildman–Crippen LogP) is 1.10. The second-order valence-electron chi connectivity index (χ2n) is 3.29. The van der Waals surface area contributed by atoms with E-state index >= 15 is 0 Å². The minimum Gasteiger partial charge on any atom is -0.505 e. The molecular formula is C10H14ClFN2O3. The second kappa shape index (κ2) is 6.27. The number of benzene rings is 1. The van der Waals surface area contributed by atoms with E-state index < -0.39 is 23.6 Å². The Balaban J connectivity index is 0.00000256. The number of nitrogens with two attached hydrogens (primary N) is 2. The van der Waals surface area contributed by atoms with E-state index in [0.29, 0.717) is 0 Å². The van der Waals surface area contributed by atoms with Gasteiger partial charge in [-0.3, -0.25) is 4.79 Å². The van der Waals surface area contributed by atoms with Crippen molar-refractivity contribution in [3.8, 4) is 5.75 Å². The molecule has 1 atom stereocenters. The predicted molar refractivity (Wildman–Crippen MR) is 63.3 cm³/mol. The fraction of sp³-hybridized carbons (Fsp3) is 0.300. The van der Waals surface area contributed by atoms with Gasteiger partial charge >= 0.3 is 5.97 Å². The van der Waals surface area contributed by atoms with Gasteiger partial charge in [0.2, 0.25) is 0 Å². The fourth-order valence-corrected chi connectivity index (χ4v) is 1.27. The molecule has 0 heterocycles. The van der Waals surface area contributed by atoms with E-state index in [-0.39, 0.29) is 30.1 Å². The monoisotopic (exact) mass is 264 g/mol. The third kappa shape index (κ3) is 3.47. The molecule has 0 radical (unpaired) electrons. The molecule has 0 aliphatic heterocycles. The summed E-state index contributed by atoms with van der Waals surface area (Å²) in [5.74, 6) is -1.68. The molecule has 1 aromatic carbocycles. The lowest BCUT2D eigenvalue weighted by Crippen LogP contribution is -2.17. The van der Waals surface area contributed by atoms with Gasteiger partial charge in [-0.25, -0.2) is 4.39 Å². The third-order valence-corrected chi connectivity index (χ3v) is 2.21. The van der Waals surface area contributed by atoms with Crippen LogP contribution in [0.1, 0.15) is 18.0 Å². The average Bonchev–Trinajstić information content (AvgIpc) is 2.25. The first-order chi connectivity index (χ1) is 7.47. The zero-order valence-electron chi connectivity index (χ0n) is 9.14. The van der Waals surface area contributed by atoms with E-state index in [1.807, 2.05) is 0 Å². The van der Waals surface area contributed by atoms with E-state index in [0.717, 1.165) is 6.07 Å². The molecule has 5 N–H and O–H groups in total. The van der Waals surface area contributed by atoms with Gasteiger partial charge in [0, 0.05) is 11.6 Å². The number of ether oxygens (including phenoxy) is 1. The molecule has 0 spiro atoms. The Labute approximate surface area is 104 Å². The number of methoxy groups -OCH3 is 1. The molecule has 0 aliphatic carbocycles. The lowest BCUT2D eigenvalue weighted by Gasteiger charge is -2.13. The van der Waals surface area contributed by atoms with E-state index in [2.05, 4.69) is 4.74 Å². The van der Waals surface area contributed by atoms with E-state index in [4.69, 9.17) is 11.5 Å². The van der Waals surface area contributed by atoms with Gasteiger partial charge in [-0.1, -0.05) is 6.07 Å². The topological polar surface area (TPSA) is 98.6 Å². The molecule has 7 heteroatoms. The molecule has 5 nitrogen and oxygen atoms in total. The molecule has 0 aromatic heterocycles. The Morgan fingerprint density at radius 3 is 2.71 bits per heavy atom. The number of carbonyl (C=O) groups is 1. The number of esters is 1. The molecule has 0 fully saturated rings. The van der Waals surface area contributed by atoms with E-state index in [1.165, 1.54) is 13.2 Å². The summed E-state index contributed by atoms with van der Waals surface area (Å²) in [5.41, 5.74) is 10.8. The SMILES string of the molecule is COC(=O)C[C@@H](N)c1ccc(F)c(N)c1O.Cl. The standard InChI is InChI=1S/C10H13FN2O3.ClH/c1-16-8(14)4-7(12)5-2-3-6(11)9(13)10(5)15;/h2-3,7,15H,4,12-13H2,1H3;1H/t7-;/m1./s1. The quantitative estimate of drug-likeness (QED) is 0.431. The third-order valence-electron chi connectivity index (χ3n) is 2.21. The van der Waals surface area contributed by atoms with Gasteiger partial charge in [-0.05, 0) is 6.07 Å². The molecule has 96 valence electrons. The highest BCUT2D eigenvalue weighted by Gasteiger charge is 2.18. The minimum atomic E-state index is -0.782. The Morgan fingerprint density at radius 1 is 1.59 bits per heavy atom. The van der Waals surface area contributed by atoms with Crippen LogP contribution in [0.5, 0.6) is 5.75 Å². The molecule has 1 aromatic rings. The van der Waals surface area contributed by atoms with Crippen LogP contribution in [0.3, 0.4) is 0 Å². The van der Waals surface area contributed by atoms with Crippen LogP contribution in [-0.4, -0.2) is 18.2 Å². The number of nitrogen functional groups attached to an aromatic ring is 1. The Hall–Kier alpha value is -1.53. The number of carbonyl (C=O) groups excluding carboxylic acids is 1. The number of hydrogen-bond donors (Lipinski definition) is 3. The highest BCUT2D eigenvalue weighted by atomic mass is 35.5. The van der Waals surface area contributed by atoms with Crippen LogP contribution >= 0.6 is 12.4 Å². The van der Waals surface area contributed by atoms with Crippen LogP contribution in [0.15, 0.2) is 12.1 Å². The minimum absolute atomic E-state index is 0. The maximum atomic E-state index is 12.9. The zero-order valence-corrected chi connectivity index (χ0v) is 9.96. The highest BCUT2D eigenvalue weighted by Crippen LogP contribution is 2.32. The van der Waals surface area contributed by atoms with E-state index in [9.17, 15) is 14.3 Å². The van der Waals surface area contributed by atoms with E-state index in [1.54, 1.807) is 0 Å². The van der Waals surface area contributed by atoms with Crippen molar-refractivity contribution in [2.75, 3.05) is 12.8 Å². The van der Waals surface area contributed by atoms with Crippen molar-refractivity contribution in [1.29, 1.82) is 0 Å². The van der Waals surface area contributed by atoms with Gasteiger partial charge in [0.15, 0.2) is 0 Å². The van der Waals surface area contributed by atoms with Crippen molar-refractivity contribution >= 4 is 24.1 Å². The molecule has 0 bridgehead atoms. The molecule has 0 unspecified atom stereocenters. The summed E-state index contributed by atoms with van der Waals surface area (Å²) in [6, 6.07) is 1.59. The van der Waals surface area contributed by atoms with Crippen molar-refractivity contribution in [2.45, 2.75) is 12.5 Å².